The number of hydrogen-bond donors (Lipinski definition) is 2. The molecule has 0 saturated heterocycles. The zero-order chi connectivity index (χ0) is 16.2. The van der Waals surface area contributed by atoms with Gasteiger partial charge in [-0.1, -0.05) is 0 Å². The minimum atomic E-state index is -0.437. The van der Waals surface area contributed by atoms with Gasteiger partial charge < -0.3 is 15.4 Å². The van der Waals surface area contributed by atoms with Crippen molar-refractivity contribution in [1.82, 2.24) is 10.6 Å². The number of halogens is 1. The fraction of sp³-hybridized carbons (Fsp3) is 0.688. The van der Waals surface area contributed by atoms with Gasteiger partial charge in [0.05, 0.1) is 3.79 Å². The minimum Gasteiger partial charge on any atom is -0.444 e. The Morgan fingerprint density at radius 2 is 2.23 bits per heavy atom. The van der Waals surface area contributed by atoms with E-state index in [0.717, 1.165) is 13.0 Å². The summed E-state index contributed by atoms with van der Waals surface area (Å²) in [4.78, 5) is 13.0. The highest BCUT2D eigenvalue weighted by Gasteiger charge is 2.22. The summed E-state index contributed by atoms with van der Waals surface area (Å²) in [5.41, 5.74) is 1.01. The van der Waals surface area contributed by atoms with Gasteiger partial charge in [-0.2, -0.15) is 0 Å². The monoisotopic (exact) mass is 388 g/mol. The summed E-state index contributed by atoms with van der Waals surface area (Å²) in [7, 11) is 0. The Kier molecular flexibility index (Phi) is 6.29. The van der Waals surface area contributed by atoms with E-state index in [1.165, 1.54) is 33.5 Å². The number of rotatable bonds is 5. The third-order valence-corrected chi connectivity index (χ3v) is 5.21. The fourth-order valence-corrected chi connectivity index (χ4v) is 4.42. The SMILES string of the molecule is CC(C)(C)OC(=O)NCCCNC1CCCc2sc(Br)cc21. The predicted octanol–water partition coefficient (Wildman–Crippen LogP) is 4.39. The standard InChI is InChI=1S/C16H25BrN2O2S/c1-16(2,3)21-15(20)19-9-5-8-18-12-6-4-7-13-11(12)10-14(17)22-13/h10,12,18H,4-9H2,1-3H3,(H,19,20). The molecule has 1 aliphatic rings. The quantitative estimate of drug-likeness (QED) is 0.735. The Bertz CT molecular complexity index is 511. The molecule has 0 bridgehead atoms. The summed E-state index contributed by atoms with van der Waals surface area (Å²) in [5, 5.41) is 6.40. The maximum Gasteiger partial charge on any atom is 0.407 e. The number of carbonyl (C=O) groups is 1. The van der Waals surface area contributed by atoms with Crippen molar-refractivity contribution in [3.63, 3.8) is 0 Å². The first kappa shape index (κ1) is 17.8. The van der Waals surface area contributed by atoms with Crippen LogP contribution < -0.4 is 10.6 Å². The average molecular weight is 389 g/mol. The highest BCUT2D eigenvalue weighted by Crippen LogP contribution is 2.37. The van der Waals surface area contributed by atoms with E-state index >= 15 is 0 Å². The number of thiophene rings is 1. The number of amides is 1. The van der Waals surface area contributed by atoms with Crippen LogP contribution in [0.3, 0.4) is 0 Å². The molecule has 124 valence electrons. The summed E-state index contributed by atoms with van der Waals surface area (Å²) in [6.07, 6.45) is 4.19. The van der Waals surface area contributed by atoms with Crippen LogP contribution in [0.15, 0.2) is 9.85 Å². The summed E-state index contributed by atoms with van der Waals surface area (Å²) in [6.45, 7) is 7.14. The van der Waals surface area contributed by atoms with Crippen molar-refractivity contribution in [3.8, 4) is 0 Å². The summed E-state index contributed by atoms with van der Waals surface area (Å²) in [5.74, 6) is 0. The van der Waals surface area contributed by atoms with Crippen LogP contribution in [0.5, 0.6) is 0 Å². The van der Waals surface area contributed by atoms with E-state index in [-0.39, 0.29) is 6.09 Å². The van der Waals surface area contributed by atoms with Gasteiger partial charge in [0, 0.05) is 17.5 Å². The number of ether oxygens (including phenoxy) is 1. The van der Waals surface area contributed by atoms with E-state index < -0.39 is 5.60 Å². The van der Waals surface area contributed by atoms with Crippen LogP contribution in [-0.2, 0) is 11.2 Å². The van der Waals surface area contributed by atoms with E-state index in [0.29, 0.717) is 12.6 Å². The average Bonchev–Trinajstić information content (AvgIpc) is 2.77. The molecule has 6 heteroatoms. The Labute approximate surface area is 145 Å². The zero-order valence-electron chi connectivity index (χ0n) is 13.5. The maximum atomic E-state index is 11.5. The first-order valence-corrected chi connectivity index (χ1v) is 9.44. The maximum absolute atomic E-state index is 11.5. The number of aryl methyl sites for hydroxylation is 1. The van der Waals surface area contributed by atoms with E-state index in [1.54, 1.807) is 0 Å². The second-order valence-corrected chi connectivity index (χ2v) is 9.13. The highest BCUT2D eigenvalue weighted by molar-refractivity contribution is 9.11. The van der Waals surface area contributed by atoms with Crippen molar-refractivity contribution >= 4 is 33.4 Å². The van der Waals surface area contributed by atoms with E-state index in [4.69, 9.17) is 4.74 Å². The van der Waals surface area contributed by atoms with Crippen molar-refractivity contribution in [2.45, 2.75) is 58.1 Å². The summed E-state index contributed by atoms with van der Waals surface area (Å²) < 4.78 is 6.43. The topological polar surface area (TPSA) is 50.4 Å². The summed E-state index contributed by atoms with van der Waals surface area (Å²) >= 11 is 5.43. The molecule has 0 aliphatic heterocycles. The molecule has 1 heterocycles. The van der Waals surface area contributed by atoms with Gasteiger partial charge in [-0.15, -0.1) is 11.3 Å². The van der Waals surface area contributed by atoms with Crippen molar-refractivity contribution in [3.05, 3.63) is 20.3 Å². The predicted molar refractivity (Wildman–Crippen MR) is 94.6 cm³/mol. The van der Waals surface area contributed by atoms with Crippen LogP contribution in [-0.4, -0.2) is 24.8 Å². The van der Waals surface area contributed by atoms with Crippen LogP contribution in [0.2, 0.25) is 0 Å². The van der Waals surface area contributed by atoms with Crippen LogP contribution >= 0.6 is 27.3 Å². The first-order valence-electron chi connectivity index (χ1n) is 7.83. The molecule has 0 saturated carbocycles. The second kappa shape index (κ2) is 7.79. The molecule has 0 spiro atoms. The zero-order valence-corrected chi connectivity index (χ0v) is 15.9. The summed E-state index contributed by atoms with van der Waals surface area (Å²) in [6, 6.07) is 2.70. The van der Waals surface area contributed by atoms with Crippen molar-refractivity contribution in [2.24, 2.45) is 0 Å². The van der Waals surface area contributed by atoms with Crippen molar-refractivity contribution in [2.75, 3.05) is 13.1 Å². The van der Waals surface area contributed by atoms with Crippen LogP contribution in [0, 0.1) is 0 Å². The third kappa shape index (κ3) is 5.56. The van der Waals surface area contributed by atoms with E-state index in [9.17, 15) is 4.79 Å². The number of fused-ring (bicyclic) bond motifs is 1. The Balaban J connectivity index is 1.67. The van der Waals surface area contributed by atoms with Crippen LogP contribution in [0.4, 0.5) is 4.79 Å². The van der Waals surface area contributed by atoms with E-state index in [2.05, 4.69) is 32.6 Å². The third-order valence-electron chi connectivity index (χ3n) is 3.50. The molecule has 2 rings (SSSR count). The Morgan fingerprint density at radius 1 is 1.45 bits per heavy atom. The molecule has 0 fully saturated rings. The molecule has 0 aromatic carbocycles. The Morgan fingerprint density at radius 3 is 2.95 bits per heavy atom. The van der Waals surface area contributed by atoms with Crippen molar-refractivity contribution in [1.29, 1.82) is 0 Å². The van der Waals surface area contributed by atoms with E-state index in [1.807, 2.05) is 32.1 Å². The molecule has 1 amide bonds. The second-order valence-electron chi connectivity index (χ2n) is 6.61. The minimum absolute atomic E-state index is 0.339. The Hall–Kier alpha value is -0.590. The molecule has 1 aromatic rings. The lowest BCUT2D eigenvalue weighted by atomic mass is 9.94. The first-order chi connectivity index (χ1) is 10.3. The number of nitrogens with one attached hydrogen (secondary N) is 2. The van der Waals surface area contributed by atoms with Gasteiger partial charge in [-0.3, -0.25) is 0 Å². The normalized spacial score (nSPS) is 17.9. The number of alkyl carbamates (subject to hydrolysis) is 1. The van der Waals surface area contributed by atoms with Crippen LogP contribution in [0.25, 0.3) is 0 Å². The largest absolute Gasteiger partial charge is 0.444 e. The molecule has 1 aliphatic carbocycles. The molecule has 1 aromatic heterocycles. The number of carbonyl (C=O) groups excluding carboxylic acids is 1. The van der Waals surface area contributed by atoms with Crippen molar-refractivity contribution < 1.29 is 9.53 Å². The molecule has 22 heavy (non-hydrogen) atoms. The van der Waals surface area contributed by atoms with Gasteiger partial charge in [0.1, 0.15) is 5.60 Å². The molecule has 1 unspecified atom stereocenters. The molecule has 1 atom stereocenters. The molecular formula is C16H25BrN2O2S. The number of hydrogen-bond acceptors (Lipinski definition) is 4. The molecule has 2 N–H and O–H groups in total. The van der Waals surface area contributed by atoms with Gasteiger partial charge in [0.2, 0.25) is 0 Å². The van der Waals surface area contributed by atoms with Gasteiger partial charge in [-0.25, -0.2) is 4.79 Å². The van der Waals surface area contributed by atoms with Gasteiger partial charge >= 0.3 is 6.09 Å². The lowest BCUT2D eigenvalue weighted by Crippen LogP contribution is -2.34. The van der Waals surface area contributed by atoms with Gasteiger partial charge in [0.15, 0.2) is 0 Å². The van der Waals surface area contributed by atoms with Gasteiger partial charge in [0.25, 0.3) is 0 Å². The molecular weight excluding hydrogens is 364 g/mol. The smallest absolute Gasteiger partial charge is 0.407 e. The lowest BCUT2D eigenvalue weighted by Gasteiger charge is -2.24. The molecule has 4 nitrogen and oxygen atoms in total. The lowest BCUT2D eigenvalue weighted by molar-refractivity contribution is 0.0527. The fourth-order valence-electron chi connectivity index (χ4n) is 2.60. The van der Waals surface area contributed by atoms with Gasteiger partial charge in [-0.05, 0) is 80.6 Å². The molecule has 0 radical (unpaired) electrons. The van der Waals surface area contributed by atoms with Crippen LogP contribution in [0.1, 0.15) is 56.5 Å². The highest BCUT2D eigenvalue weighted by atomic mass is 79.9.